The number of fused-ring (bicyclic) bond motifs is 2. The lowest BCUT2D eigenvalue weighted by Gasteiger charge is -2.41. The van der Waals surface area contributed by atoms with Crippen molar-refractivity contribution in [3.05, 3.63) is 22.8 Å². The molecule has 0 radical (unpaired) electrons. The van der Waals surface area contributed by atoms with Crippen molar-refractivity contribution in [2.45, 2.75) is 65.3 Å². The summed E-state index contributed by atoms with van der Waals surface area (Å²) in [6.07, 6.45) is 2.59. The fraction of sp³-hybridized carbons (Fsp3) is 0.810. The van der Waals surface area contributed by atoms with E-state index in [1.165, 1.54) is 5.57 Å². The van der Waals surface area contributed by atoms with E-state index in [-0.39, 0.29) is 17.8 Å². The summed E-state index contributed by atoms with van der Waals surface area (Å²) in [4.78, 5) is 0. The van der Waals surface area contributed by atoms with E-state index in [0.29, 0.717) is 18.9 Å². The number of methoxy groups -OCH3 is 1. The van der Waals surface area contributed by atoms with Gasteiger partial charge in [0.1, 0.15) is 6.10 Å². The van der Waals surface area contributed by atoms with Crippen LogP contribution in [0.4, 0.5) is 0 Å². The SMILES string of the molecule is COC[C@H]1CC[C@@H]2C1=C[C@]1(C)C(=C(C(C)C)C[C@@H]1O)[C@@H](O)[C@H](O)[C@@H]2C. The summed E-state index contributed by atoms with van der Waals surface area (Å²) in [5.41, 5.74) is 2.66. The number of aliphatic hydroxyl groups excluding tert-OH is 3. The summed E-state index contributed by atoms with van der Waals surface area (Å²) < 4.78 is 5.43. The van der Waals surface area contributed by atoms with E-state index < -0.39 is 23.7 Å². The lowest BCUT2D eigenvalue weighted by Crippen LogP contribution is -2.44. The molecular weight excluding hydrogens is 316 g/mol. The summed E-state index contributed by atoms with van der Waals surface area (Å²) in [5.74, 6) is 0.827. The maximum absolute atomic E-state index is 11.0. The Hall–Kier alpha value is -0.680. The predicted octanol–water partition coefficient (Wildman–Crippen LogP) is 2.68. The molecule has 7 atom stereocenters. The highest BCUT2D eigenvalue weighted by molar-refractivity contribution is 5.42. The smallest absolute Gasteiger partial charge is 0.102 e. The van der Waals surface area contributed by atoms with E-state index >= 15 is 0 Å². The third kappa shape index (κ3) is 2.91. The Morgan fingerprint density at radius 3 is 2.52 bits per heavy atom. The van der Waals surface area contributed by atoms with Crippen molar-refractivity contribution in [3.63, 3.8) is 0 Å². The predicted molar refractivity (Wildman–Crippen MR) is 97.9 cm³/mol. The van der Waals surface area contributed by atoms with Crippen LogP contribution in [0.25, 0.3) is 0 Å². The molecule has 3 aliphatic rings. The molecule has 0 bridgehead atoms. The molecule has 0 amide bonds. The molecule has 0 aromatic heterocycles. The molecular formula is C21H34O4. The molecule has 1 saturated carbocycles. The number of rotatable bonds is 3. The molecule has 3 aliphatic carbocycles. The largest absolute Gasteiger partial charge is 0.392 e. The molecule has 0 spiro atoms. The number of hydrogen-bond acceptors (Lipinski definition) is 4. The standard InChI is InChI=1S/C21H34O4/c1-11(2)15-8-17(22)21(4)9-16-13(10-25-5)6-7-14(16)12(3)19(23)20(24)18(15)21/h9,11-14,17,19-20,22-24H,6-8,10H2,1-5H3/t12-,13-,14+,17+,19-,20-,21+/m1/s1. The Labute approximate surface area is 151 Å². The minimum Gasteiger partial charge on any atom is -0.392 e. The van der Waals surface area contributed by atoms with Crippen LogP contribution in [0.2, 0.25) is 0 Å². The minimum absolute atomic E-state index is 0.00805. The fourth-order valence-corrected chi connectivity index (χ4v) is 5.52. The van der Waals surface area contributed by atoms with Gasteiger partial charge in [-0.05, 0) is 49.5 Å². The van der Waals surface area contributed by atoms with Crippen molar-refractivity contribution in [1.29, 1.82) is 0 Å². The monoisotopic (exact) mass is 350 g/mol. The van der Waals surface area contributed by atoms with Gasteiger partial charge in [0.15, 0.2) is 0 Å². The molecule has 0 heterocycles. The molecule has 3 rings (SSSR count). The third-order valence-corrected chi connectivity index (χ3v) is 7.08. The first-order valence-corrected chi connectivity index (χ1v) is 9.71. The van der Waals surface area contributed by atoms with Gasteiger partial charge in [-0.15, -0.1) is 0 Å². The summed E-state index contributed by atoms with van der Waals surface area (Å²) in [7, 11) is 1.73. The molecule has 0 aromatic rings. The molecule has 0 aromatic carbocycles. The molecule has 0 aliphatic heterocycles. The van der Waals surface area contributed by atoms with Crippen LogP contribution >= 0.6 is 0 Å². The van der Waals surface area contributed by atoms with Crippen LogP contribution in [0.15, 0.2) is 22.8 Å². The molecule has 25 heavy (non-hydrogen) atoms. The van der Waals surface area contributed by atoms with Gasteiger partial charge in [-0.3, -0.25) is 0 Å². The molecule has 4 heteroatoms. The maximum Gasteiger partial charge on any atom is 0.102 e. The van der Waals surface area contributed by atoms with E-state index in [0.717, 1.165) is 24.0 Å². The van der Waals surface area contributed by atoms with Crippen molar-refractivity contribution in [1.82, 2.24) is 0 Å². The lowest BCUT2D eigenvalue weighted by atomic mass is 9.68. The first-order chi connectivity index (χ1) is 11.7. The van der Waals surface area contributed by atoms with Crippen LogP contribution in [-0.2, 0) is 4.74 Å². The Balaban J connectivity index is 2.18. The van der Waals surface area contributed by atoms with Gasteiger partial charge in [0.05, 0.1) is 18.8 Å². The van der Waals surface area contributed by atoms with Gasteiger partial charge < -0.3 is 20.1 Å². The average molecular weight is 350 g/mol. The van der Waals surface area contributed by atoms with Crippen LogP contribution in [-0.4, -0.2) is 47.3 Å². The van der Waals surface area contributed by atoms with Crippen LogP contribution < -0.4 is 0 Å². The van der Waals surface area contributed by atoms with Gasteiger partial charge in [0.2, 0.25) is 0 Å². The molecule has 4 nitrogen and oxygen atoms in total. The van der Waals surface area contributed by atoms with Gasteiger partial charge in [0.25, 0.3) is 0 Å². The van der Waals surface area contributed by atoms with E-state index in [1.807, 2.05) is 13.8 Å². The second kappa shape index (κ2) is 6.80. The van der Waals surface area contributed by atoms with Crippen LogP contribution in [0.3, 0.4) is 0 Å². The number of ether oxygens (including phenoxy) is 1. The zero-order valence-electron chi connectivity index (χ0n) is 16.2. The molecule has 3 N–H and O–H groups in total. The average Bonchev–Trinajstić information content (AvgIpc) is 3.05. The van der Waals surface area contributed by atoms with E-state index in [2.05, 4.69) is 19.9 Å². The lowest BCUT2D eigenvalue weighted by molar-refractivity contribution is -0.0217. The highest BCUT2D eigenvalue weighted by atomic mass is 16.5. The quantitative estimate of drug-likeness (QED) is 0.685. The number of hydrogen-bond donors (Lipinski definition) is 3. The van der Waals surface area contributed by atoms with Crippen molar-refractivity contribution < 1.29 is 20.1 Å². The second-order valence-corrected chi connectivity index (χ2v) is 8.87. The molecule has 0 saturated heterocycles. The number of aliphatic hydroxyl groups is 3. The van der Waals surface area contributed by atoms with Crippen molar-refractivity contribution in [2.24, 2.45) is 29.1 Å². The van der Waals surface area contributed by atoms with Gasteiger partial charge >= 0.3 is 0 Å². The fourth-order valence-electron chi connectivity index (χ4n) is 5.52. The Morgan fingerprint density at radius 1 is 1.24 bits per heavy atom. The Morgan fingerprint density at radius 2 is 1.92 bits per heavy atom. The van der Waals surface area contributed by atoms with E-state index in [9.17, 15) is 15.3 Å². The van der Waals surface area contributed by atoms with Gasteiger partial charge in [-0.2, -0.15) is 0 Å². The van der Waals surface area contributed by atoms with Crippen molar-refractivity contribution >= 4 is 0 Å². The van der Waals surface area contributed by atoms with Crippen LogP contribution in [0, 0.1) is 29.1 Å². The normalized spacial score (nSPS) is 44.4. The maximum atomic E-state index is 11.0. The van der Waals surface area contributed by atoms with E-state index in [4.69, 9.17) is 4.74 Å². The van der Waals surface area contributed by atoms with Crippen molar-refractivity contribution in [2.75, 3.05) is 13.7 Å². The van der Waals surface area contributed by atoms with Crippen molar-refractivity contribution in [3.8, 4) is 0 Å². The molecule has 1 fully saturated rings. The first kappa shape index (κ1) is 19.1. The second-order valence-electron chi connectivity index (χ2n) is 8.87. The summed E-state index contributed by atoms with van der Waals surface area (Å²) in [5, 5.41) is 32.9. The van der Waals surface area contributed by atoms with Gasteiger partial charge in [0, 0.05) is 18.4 Å². The summed E-state index contributed by atoms with van der Waals surface area (Å²) in [6.45, 7) is 8.95. The zero-order chi connectivity index (χ0) is 18.5. The summed E-state index contributed by atoms with van der Waals surface area (Å²) in [6, 6.07) is 0. The highest BCUT2D eigenvalue weighted by Crippen LogP contribution is 2.54. The zero-order valence-corrected chi connectivity index (χ0v) is 16.2. The van der Waals surface area contributed by atoms with Crippen LogP contribution in [0.1, 0.15) is 47.0 Å². The Kier molecular flexibility index (Phi) is 5.20. The molecule has 142 valence electrons. The van der Waals surface area contributed by atoms with Gasteiger partial charge in [-0.25, -0.2) is 0 Å². The van der Waals surface area contributed by atoms with Crippen LogP contribution in [0.5, 0.6) is 0 Å². The summed E-state index contributed by atoms with van der Waals surface area (Å²) >= 11 is 0. The minimum atomic E-state index is -0.908. The molecule has 0 unspecified atom stereocenters. The Bertz CT molecular complexity index is 578. The first-order valence-electron chi connectivity index (χ1n) is 9.71. The topological polar surface area (TPSA) is 69.9 Å². The van der Waals surface area contributed by atoms with E-state index in [1.54, 1.807) is 7.11 Å². The van der Waals surface area contributed by atoms with Gasteiger partial charge in [-0.1, -0.05) is 38.0 Å². The third-order valence-electron chi connectivity index (χ3n) is 7.08. The highest BCUT2D eigenvalue weighted by Gasteiger charge is 2.52.